The van der Waals surface area contributed by atoms with Crippen LogP contribution in [0.5, 0.6) is 11.5 Å². The molecular weight excluding hydrogens is 448 g/mol. The van der Waals surface area contributed by atoms with Gasteiger partial charge < -0.3 is 29.2 Å². The van der Waals surface area contributed by atoms with E-state index in [-0.39, 0.29) is 24.3 Å². The Bertz CT molecular complexity index is 1200. The van der Waals surface area contributed by atoms with Gasteiger partial charge in [-0.15, -0.1) is 0 Å². The lowest BCUT2D eigenvalue weighted by atomic mass is 10.2. The predicted molar refractivity (Wildman–Crippen MR) is 131 cm³/mol. The largest absolute Gasteiger partial charge is 0.493 e. The summed E-state index contributed by atoms with van der Waals surface area (Å²) in [6.07, 6.45) is 1.70. The third kappa shape index (κ3) is 5.46. The summed E-state index contributed by atoms with van der Waals surface area (Å²) < 4.78 is 12.1. The van der Waals surface area contributed by atoms with E-state index in [4.69, 9.17) is 9.47 Å². The molecule has 2 aromatic carbocycles. The van der Waals surface area contributed by atoms with Crippen LogP contribution in [0.1, 0.15) is 20.8 Å². The normalized spacial score (nSPS) is 13.3. The summed E-state index contributed by atoms with van der Waals surface area (Å²) in [7, 11) is 3.07. The Kier molecular flexibility index (Phi) is 7.35. The van der Waals surface area contributed by atoms with Crippen LogP contribution >= 0.6 is 0 Å². The third-order valence-corrected chi connectivity index (χ3v) is 5.90. The minimum atomic E-state index is -0.277. The molecule has 3 amide bonds. The first-order valence-corrected chi connectivity index (χ1v) is 11.3. The highest BCUT2D eigenvalue weighted by Gasteiger charge is 2.27. The van der Waals surface area contributed by atoms with Crippen LogP contribution in [0.15, 0.2) is 66.9 Å². The van der Waals surface area contributed by atoms with Gasteiger partial charge in [-0.25, -0.2) is 0 Å². The van der Waals surface area contributed by atoms with E-state index >= 15 is 0 Å². The van der Waals surface area contributed by atoms with Crippen LogP contribution in [-0.4, -0.2) is 72.5 Å². The third-order valence-electron chi connectivity index (χ3n) is 5.90. The fourth-order valence-electron chi connectivity index (χ4n) is 4.05. The molecule has 1 N–H and O–H groups in total. The Morgan fingerprint density at radius 3 is 2.11 bits per heavy atom. The number of nitrogens with zero attached hydrogens (tertiary/aromatic N) is 3. The van der Waals surface area contributed by atoms with Crippen molar-refractivity contribution >= 4 is 23.4 Å². The van der Waals surface area contributed by atoms with Crippen molar-refractivity contribution < 1.29 is 23.9 Å². The summed E-state index contributed by atoms with van der Waals surface area (Å²) in [5.74, 6) is 0.593. The van der Waals surface area contributed by atoms with Crippen molar-refractivity contribution in [3.8, 4) is 11.5 Å². The molecule has 9 heteroatoms. The number of benzene rings is 2. The zero-order valence-corrected chi connectivity index (χ0v) is 19.8. The van der Waals surface area contributed by atoms with E-state index in [2.05, 4.69) is 5.32 Å². The molecule has 1 saturated heterocycles. The van der Waals surface area contributed by atoms with Gasteiger partial charge in [-0.05, 0) is 36.4 Å². The van der Waals surface area contributed by atoms with Crippen LogP contribution in [0, 0.1) is 0 Å². The lowest BCUT2D eigenvalue weighted by Gasteiger charge is -2.35. The van der Waals surface area contributed by atoms with Crippen LogP contribution in [-0.2, 0) is 11.3 Å². The van der Waals surface area contributed by atoms with Crippen molar-refractivity contribution in [3.05, 3.63) is 78.1 Å². The highest BCUT2D eigenvalue weighted by molar-refractivity contribution is 5.96. The van der Waals surface area contributed by atoms with E-state index in [9.17, 15) is 14.4 Å². The van der Waals surface area contributed by atoms with Crippen molar-refractivity contribution in [1.82, 2.24) is 14.4 Å². The minimum absolute atomic E-state index is 0.0190. The Morgan fingerprint density at radius 1 is 0.800 bits per heavy atom. The minimum Gasteiger partial charge on any atom is -0.493 e. The molecule has 0 saturated carbocycles. The number of nitrogens with one attached hydrogen (secondary N) is 1. The second kappa shape index (κ2) is 10.8. The van der Waals surface area contributed by atoms with E-state index in [0.29, 0.717) is 54.6 Å². The van der Waals surface area contributed by atoms with E-state index in [1.165, 1.54) is 7.11 Å². The molecule has 1 fully saturated rings. The molecule has 0 atom stereocenters. The van der Waals surface area contributed by atoms with Crippen molar-refractivity contribution in [2.24, 2.45) is 0 Å². The number of carbonyl (C=O) groups excluding carboxylic acids is 3. The summed E-state index contributed by atoms with van der Waals surface area (Å²) in [4.78, 5) is 42.0. The Morgan fingerprint density at radius 2 is 1.46 bits per heavy atom. The molecular formula is C26H28N4O5. The Labute approximate surface area is 203 Å². The average Bonchev–Trinajstić information content (AvgIpc) is 3.36. The highest BCUT2D eigenvalue weighted by atomic mass is 16.5. The number of ether oxygens (including phenoxy) is 2. The van der Waals surface area contributed by atoms with E-state index in [0.717, 1.165) is 0 Å². The molecule has 0 unspecified atom stereocenters. The first-order chi connectivity index (χ1) is 17.0. The van der Waals surface area contributed by atoms with E-state index in [1.54, 1.807) is 70.1 Å². The maximum absolute atomic E-state index is 13.2. The first kappa shape index (κ1) is 23.9. The lowest BCUT2D eigenvalue weighted by molar-refractivity contribution is -0.116. The maximum atomic E-state index is 13.2. The second-order valence-corrected chi connectivity index (χ2v) is 8.09. The highest BCUT2D eigenvalue weighted by Crippen LogP contribution is 2.29. The zero-order chi connectivity index (χ0) is 24.8. The number of aromatic nitrogens is 1. The molecule has 1 aliphatic heterocycles. The molecule has 4 rings (SSSR count). The summed E-state index contributed by atoms with van der Waals surface area (Å²) in [5.41, 5.74) is 1.63. The van der Waals surface area contributed by atoms with Gasteiger partial charge in [0.1, 0.15) is 12.2 Å². The smallest absolute Gasteiger partial charge is 0.270 e. The van der Waals surface area contributed by atoms with Gasteiger partial charge in [-0.3, -0.25) is 14.4 Å². The number of piperazine rings is 1. The monoisotopic (exact) mass is 476 g/mol. The molecule has 182 valence electrons. The number of hydrogen-bond donors (Lipinski definition) is 1. The Balaban J connectivity index is 1.35. The summed E-state index contributed by atoms with van der Waals surface area (Å²) in [6, 6.07) is 17.7. The van der Waals surface area contributed by atoms with Crippen LogP contribution in [0.2, 0.25) is 0 Å². The zero-order valence-electron chi connectivity index (χ0n) is 19.8. The molecule has 0 radical (unpaired) electrons. The van der Waals surface area contributed by atoms with Gasteiger partial charge in [-0.2, -0.15) is 0 Å². The van der Waals surface area contributed by atoms with Gasteiger partial charge in [0.15, 0.2) is 11.5 Å². The van der Waals surface area contributed by atoms with Crippen LogP contribution in [0.4, 0.5) is 5.69 Å². The van der Waals surface area contributed by atoms with Gasteiger partial charge in [-0.1, -0.05) is 18.2 Å². The number of hydrogen-bond acceptors (Lipinski definition) is 5. The van der Waals surface area contributed by atoms with Crippen LogP contribution < -0.4 is 14.8 Å². The molecule has 35 heavy (non-hydrogen) atoms. The molecule has 1 aliphatic rings. The second-order valence-electron chi connectivity index (χ2n) is 8.09. The van der Waals surface area contributed by atoms with Crippen molar-refractivity contribution in [2.75, 3.05) is 45.7 Å². The topological polar surface area (TPSA) is 93.1 Å². The average molecular weight is 477 g/mol. The first-order valence-electron chi connectivity index (χ1n) is 11.3. The number of carbonyl (C=O) groups is 3. The fraction of sp³-hybridized carbons (Fsp3) is 0.269. The van der Waals surface area contributed by atoms with Gasteiger partial charge >= 0.3 is 0 Å². The van der Waals surface area contributed by atoms with Gasteiger partial charge in [0, 0.05) is 49.7 Å². The van der Waals surface area contributed by atoms with E-state index < -0.39 is 0 Å². The molecule has 3 aromatic rings. The van der Waals surface area contributed by atoms with Crippen LogP contribution in [0.25, 0.3) is 0 Å². The van der Waals surface area contributed by atoms with Crippen molar-refractivity contribution in [1.29, 1.82) is 0 Å². The molecule has 0 spiro atoms. The summed E-state index contributed by atoms with van der Waals surface area (Å²) in [6.45, 7) is 1.76. The number of anilines is 1. The molecule has 9 nitrogen and oxygen atoms in total. The van der Waals surface area contributed by atoms with Gasteiger partial charge in [0.05, 0.1) is 14.2 Å². The maximum Gasteiger partial charge on any atom is 0.270 e. The summed E-state index contributed by atoms with van der Waals surface area (Å²) >= 11 is 0. The quantitative estimate of drug-likeness (QED) is 0.566. The summed E-state index contributed by atoms with van der Waals surface area (Å²) in [5, 5.41) is 2.82. The van der Waals surface area contributed by atoms with Crippen molar-refractivity contribution in [3.63, 3.8) is 0 Å². The molecule has 0 bridgehead atoms. The number of rotatable bonds is 7. The van der Waals surface area contributed by atoms with Crippen molar-refractivity contribution in [2.45, 2.75) is 6.54 Å². The Hall–Kier alpha value is -4.27. The van der Waals surface area contributed by atoms with E-state index in [1.807, 2.05) is 18.2 Å². The fourth-order valence-corrected chi connectivity index (χ4v) is 4.05. The lowest BCUT2D eigenvalue weighted by Crippen LogP contribution is -2.51. The van der Waals surface area contributed by atoms with Gasteiger partial charge in [0.2, 0.25) is 5.91 Å². The predicted octanol–water partition coefficient (Wildman–Crippen LogP) is 2.74. The number of methoxy groups -OCH3 is 2. The van der Waals surface area contributed by atoms with Crippen LogP contribution in [0.3, 0.4) is 0 Å². The molecule has 2 heterocycles. The van der Waals surface area contributed by atoms with Gasteiger partial charge in [0.25, 0.3) is 11.8 Å². The standard InChI is InChI=1S/C26H28N4O5/c1-34-22-11-10-20(17-23(22)35-2)27-24(31)18-30-12-6-9-21(30)26(33)29-15-13-28(14-16-29)25(32)19-7-4-3-5-8-19/h3-12,17H,13-16,18H2,1-2H3,(H,27,31). The number of amides is 3. The molecule has 0 aliphatic carbocycles. The SMILES string of the molecule is COc1ccc(NC(=O)Cn2cccc2C(=O)N2CCN(C(=O)c3ccccc3)CC2)cc1OC. The molecule has 1 aromatic heterocycles.